The number of nitrogens with one attached hydrogen (secondary N) is 1. The van der Waals surface area contributed by atoms with Gasteiger partial charge in [0.05, 0.1) is 16.1 Å². The molecule has 0 bridgehead atoms. The van der Waals surface area contributed by atoms with Crippen molar-refractivity contribution in [3.63, 3.8) is 0 Å². The molecular weight excluding hydrogens is 324 g/mol. The van der Waals surface area contributed by atoms with Gasteiger partial charge in [-0.05, 0) is 37.8 Å². The molecule has 0 aliphatic heterocycles. The maximum absolute atomic E-state index is 12.7. The van der Waals surface area contributed by atoms with Gasteiger partial charge in [0.2, 0.25) is 0 Å². The summed E-state index contributed by atoms with van der Waals surface area (Å²) >= 11 is 3.08. The molecule has 2 heterocycles. The second-order valence-corrected chi connectivity index (χ2v) is 7.80. The first-order chi connectivity index (χ1) is 11.0. The molecule has 1 amide bonds. The number of aromatic nitrogens is 1. The molecule has 5 heteroatoms. The number of thiophene rings is 1. The van der Waals surface area contributed by atoms with Gasteiger partial charge in [-0.3, -0.25) is 4.79 Å². The molecule has 2 aromatic heterocycles. The smallest absolute Gasteiger partial charge is 0.263 e. The molecule has 0 saturated carbocycles. The Morgan fingerprint density at radius 1 is 1.13 bits per heavy atom. The Bertz CT molecular complexity index is 805. The van der Waals surface area contributed by atoms with E-state index in [2.05, 4.69) is 10.3 Å². The second-order valence-electron chi connectivity index (χ2n) is 5.86. The van der Waals surface area contributed by atoms with Crippen LogP contribution in [0.25, 0.3) is 9.88 Å². The summed E-state index contributed by atoms with van der Waals surface area (Å²) in [6.07, 6.45) is 0. The standard InChI is InChI=1S/C18H18N2OS2/c1-12-15(23-17(19-12)14-10-7-11-22-14)16(21)20-18(2,3)13-8-5-4-6-9-13/h4-11H,1-3H3,(H,20,21). The van der Waals surface area contributed by atoms with Crippen molar-refractivity contribution in [2.24, 2.45) is 0 Å². The minimum absolute atomic E-state index is 0.0725. The monoisotopic (exact) mass is 342 g/mol. The third-order valence-corrected chi connectivity index (χ3v) is 5.85. The average molecular weight is 342 g/mol. The van der Waals surface area contributed by atoms with E-state index in [1.54, 1.807) is 11.3 Å². The van der Waals surface area contributed by atoms with Crippen LogP contribution in [0.4, 0.5) is 0 Å². The molecule has 118 valence electrons. The zero-order chi connectivity index (χ0) is 16.4. The molecule has 0 aliphatic rings. The molecule has 3 aromatic rings. The van der Waals surface area contributed by atoms with Crippen LogP contribution >= 0.6 is 22.7 Å². The van der Waals surface area contributed by atoms with E-state index < -0.39 is 5.54 Å². The summed E-state index contributed by atoms with van der Waals surface area (Å²) in [5.41, 5.74) is 1.42. The highest BCUT2D eigenvalue weighted by Gasteiger charge is 2.25. The number of hydrogen-bond acceptors (Lipinski definition) is 4. The quantitative estimate of drug-likeness (QED) is 0.737. The summed E-state index contributed by atoms with van der Waals surface area (Å²) in [7, 11) is 0. The van der Waals surface area contributed by atoms with Crippen molar-refractivity contribution >= 4 is 28.6 Å². The van der Waals surface area contributed by atoms with Crippen molar-refractivity contribution in [2.75, 3.05) is 0 Å². The zero-order valence-corrected chi connectivity index (χ0v) is 14.9. The molecule has 0 aliphatic carbocycles. The minimum atomic E-state index is -0.433. The molecule has 1 N–H and O–H groups in total. The van der Waals surface area contributed by atoms with Gasteiger partial charge in [0.25, 0.3) is 5.91 Å². The fraction of sp³-hybridized carbons (Fsp3) is 0.222. The van der Waals surface area contributed by atoms with Crippen molar-refractivity contribution in [3.8, 4) is 9.88 Å². The number of carbonyl (C=O) groups is 1. The highest BCUT2D eigenvalue weighted by atomic mass is 32.1. The zero-order valence-electron chi connectivity index (χ0n) is 13.3. The Morgan fingerprint density at radius 2 is 1.87 bits per heavy atom. The number of amides is 1. The Balaban J connectivity index is 1.84. The van der Waals surface area contributed by atoms with Crippen LogP contribution in [-0.4, -0.2) is 10.9 Å². The lowest BCUT2D eigenvalue weighted by Gasteiger charge is -2.26. The maximum atomic E-state index is 12.7. The van der Waals surface area contributed by atoms with Crippen molar-refractivity contribution in [2.45, 2.75) is 26.3 Å². The summed E-state index contributed by atoms with van der Waals surface area (Å²) in [5, 5.41) is 6.04. The highest BCUT2D eigenvalue weighted by Crippen LogP contribution is 2.31. The van der Waals surface area contributed by atoms with Crippen LogP contribution in [0.1, 0.15) is 34.8 Å². The number of benzene rings is 1. The maximum Gasteiger partial charge on any atom is 0.263 e. The summed E-state index contributed by atoms with van der Waals surface area (Å²) in [4.78, 5) is 19.0. The van der Waals surface area contributed by atoms with E-state index in [-0.39, 0.29) is 5.91 Å². The van der Waals surface area contributed by atoms with Crippen LogP contribution in [0, 0.1) is 6.92 Å². The van der Waals surface area contributed by atoms with Gasteiger partial charge >= 0.3 is 0 Å². The molecule has 0 fully saturated rings. The summed E-state index contributed by atoms with van der Waals surface area (Å²) < 4.78 is 0. The third-order valence-electron chi connectivity index (χ3n) is 3.66. The van der Waals surface area contributed by atoms with Gasteiger partial charge in [0, 0.05) is 0 Å². The van der Waals surface area contributed by atoms with Crippen LogP contribution in [0.3, 0.4) is 0 Å². The number of thiazole rings is 1. The van der Waals surface area contributed by atoms with Gasteiger partial charge in [0.15, 0.2) is 0 Å². The lowest BCUT2D eigenvalue weighted by molar-refractivity contribution is 0.0915. The second kappa shape index (κ2) is 6.26. The number of nitrogens with zero attached hydrogens (tertiary/aromatic N) is 1. The van der Waals surface area contributed by atoms with E-state index in [4.69, 9.17) is 0 Å². The fourth-order valence-electron chi connectivity index (χ4n) is 2.38. The molecule has 0 atom stereocenters. The minimum Gasteiger partial charge on any atom is -0.342 e. The largest absolute Gasteiger partial charge is 0.342 e. The third kappa shape index (κ3) is 3.35. The summed E-state index contributed by atoms with van der Waals surface area (Å²) in [6.45, 7) is 5.91. The lowest BCUT2D eigenvalue weighted by Crippen LogP contribution is -2.40. The number of carbonyl (C=O) groups excluding carboxylic acids is 1. The lowest BCUT2D eigenvalue weighted by atomic mass is 9.94. The summed E-state index contributed by atoms with van der Waals surface area (Å²) in [5.74, 6) is -0.0725. The van der Waals surface area contributed by atoms with Crippen molar-refractivity contribution in [1.29, 1.82) is 0 Å². The van der Waals surface area contributed by atoms with E-state index in [0.29, 0.717) is 4.88 Å². The molecule has 0 spiro atoms. The SMILES string of the molecule is Cc1nc(-c2cccs2)sc1C(=O)NC(C)(C)c1ccccc1. The average Bonchev–Trinajstić information content (AvgIpc) is 3.17. The van der Waals surface area contributed by atoms with Gasteiger partial charge in [-0.2, -0.15) is 0 Å². The predicted octanol–water partition coefficient (Wildman–Crippen LogP) is 4.85. The number of hydrogen-bond donors (Lipinski definition) is 1. The van der Waals surface area contributed by atoms with Crippen LogP contribution in [0.15, 0.2) is 47.8 Å². The first kappa shape index (κ1) is 15.9. The molecule has 3 rings (SSSR count). The topological polar surface area (TPSA) is 42.0 Å². The van der Waals surface area contributed by atoms with E-state index in [1.807, 2.05) is 68.6 Å². The molecule has 3 nitrogen and oxygen atoms in total. The van der Waals surface area contributed by atoms with Crippen molar-refractivity contribution in [1.82, 2.24) is 10.3 Å². The number of aryl methyl sites for hydroxylation is 1. The first-order valence-corrected chi connectivity index (χ1v) is 9.06. The Hall–Kier alpha value is -1.98. The Labute approximate surface area is 144 Å². The predicted molar refractivity (Wildman–Crippen MR) is 97.1 cm³/mol. The molecule has 1 aromatic carbocycles. The molecular formula is C18H18N2OS2. The molecule has 23 heavy (non-hydrogen) atoms. The molecule has 0 radical (unpaired) electrons. The van der Waals surface area contributed by atoms with Crippen LogP contribution in [0.5, 0.6) is 0 Å². The van der Waals surface area contributed by atoms with Gasteiger partial charge in [0.1, 0.15) is 9.88 Å². The highest BCUT2D eigenvalue weighted by molar-refractivity contribution is 7.22. The Kier molecular flexibility index (Phi) is 4.33. The van der Waals surface area contributed by atoms with Crippen LogP contribution < -0.4 is 5.32 Å². The normalized spacial score (nSPS) is 11.4. The van der Waals surface area contributed by atoms with Gasteiger partial charge in [-0.25, -0.2) is 4.98 Å². The van der Waals surface area contributed by atoms with E-state index in [1.165, 1.54) is 11.3 Å². The van der Waals surface area contributed by atoms with Crippen molar-refractivity contribution < 1.29 is 4.79 Å². The van der Waals surface area contributed by atoms with E-state index in [0.717, 1.165) is 21.1 Å². The summed E-state index contributed by atoms with van der Waals surface area (Å²) in [6, 6.07) is 14.0. The van der Waals surface area contributed by atoms with Gasteiger partial charge < -0.3 is 5.32 Å². The Morgan fingerprint density at radius 3 is 2.52 bits per heavy atom. The van der Waals surface area contributed by atoms with Crippen molar-refractivity contribution in [3.05, 3.63) is 64.0 Å². The van der Waals surface area contributed by atoms with Crippen LogP contribution in [0.2, 0.25) is 0 Å². The molecule has 0 unspecified atom stereocenters. The van der Waals surface area contributed by atoms with Gasteiger partial charge in [-0.15, -0.1) is 22.7 Å². The van der Waals surface area contributed by atoms with E-state index in [9.17, 15) is 4.79 Å². The van der Waals surface area contributed by atoms with Gasteiger partial charge in [-0.1, -0.05) is 36.4 Å². The molecule has 0 saturated heterocycles. The van der Waals surface area contributed by atoms with Crippen LogP contribution in [-0.2, 0) is 5.54 Å². The fourth-order valence-corrected chi connectivity index (χ4v) is 4.14. The van der Waals surface area contributed by atoms with E-state index >= 15 is 0 Å². The first-order valence-electron chi connectivity index (χ1n) is 7.37. The number of rotatable bonds is 4.